The number of ether oxygens (including phenoxy) is 1. The molecular weight excluding hydrogens is 308 g/mol. The van der Waals surface area contributed by atoms with Gasteiger partial charge in [0.05, 0.1) is 18.0 Å². The van der Waals surface area contributed by atoms with E-state index in [1.54, 1.807) is 24.3 Å². The van der Waals surface area contributed by atoms with Crippen LogP contribution in [0, 0.1) is 0 Å². The van der Waals surface area contributed by atoms with Crippen LogP contribution in [0.5, 0.6) is 5.75 Å². The first-order valence-electron chi connectivity index (χ1n) is 6.59. The van der Waals surface area contributed by atoms with Gasteiger partial charge in [0.25, 0.3) is 0 Å². The van der Waals surface area contributed by atoms with Crippen LogP contribution in [0.1, 0.15) is 6.42 Å². The van der Waals surface area contributed by atoms with Gasteiger partial charge in [-0.2, -0.15) is 0 Å². The Kier molecular flexibility index (Phi) is 5.26. The molecule has 2 atom stereocenters. The first-order valence-corrected chi connectivity index (χ1v) is 7.63. The Morgan fingerprint density at radius 1 is 1.45 bits per heavy atom. The number of methoxy groups -OCH3 is 1. The molecule has 118 valence electrons. The molecule has 1 aliphatic heterocycles. The third-order valence-corrected chi connectivity index (χ3v) is 4.43. The number of carbonyl (C=O) groups excluding carboxylic acids is 2. The fraction of sp³-hybridized carbons (Fsp3) is 0.357. The maximum atomic E-state index is 12.0. The summed E-state index contributed by atoms with van der Waals surface area (Å²) in [6.07, 6.45) is -0.0269. The van der Waals surface area contributed by atoms with Gasteiger partial charge >= 0.3 is 5.97 Å². The Morgan fingerprint density at radius 2 is 2.18 bits per heavy atom. The predicted octanol–water partition coefficient (Wildman–Crippen LogP) is 0.709. The maximum Gasteiger partial charge on any atom is 0.327 e. The summed E-state index contributed by atoms with van der Waals surface area (Å²) < 4.78 is 5.13. The second-order valence-electron chi connectivity index (χ2n) is 4.67. The number of benzene rings is 1. The van der Waals surface area contributed by atoms with Crippen molar-refractivity contribution in [3.8, 4) is 5.75 Å². The third kappa shape index (κ3) is 3.91. The molecule has 0 aliphatic carbocycles. The first-order chi connectivity index (χ1) is 10.5. The number of nitrogens with one attached hydrogen (secondary N) is 2. The van der Waals surface area contributed by atoms with Crippen molar-refractivity contribution in [2.45, 2.75) is 17.7 Å². The highest BCUT2D eigenvalue weighted by molar-refractivity contribution is 8.00. The molecule has 0 unspecified atom stereocenters. The van der Waals surface area contributed by atoms with Crippen LogP contribution in [-0.4, -0.2) is 47.0 Å². The molecule has 1 aromatic rings. The van der Waals surface area contributed by atoms with Crippen LogP contribution in [0.25, 0.3) is 0 Å². The van der Waals surface area contributed by atoms with Gasteiger partial charge in [-0.1, -0.05) is 12.1 Å². The van der Waals surface area contributed by atoms with Crippen LogP contribution >= 0.6 is 11.8 Å². The minimum atomic E-state index is -1.07. The maximum absolute atomic E-state index is 12.0. The highest BCUT2D eigenvalue weighted by atomic mass is 32.2. The van der Waals surface area contributed by atoms with Crippen molar-refractivity contribution < 1.29 is 24.2 Å². The number of rotatable bonds is 5. The van der Waals surface area contributed by atoms with E-state index < -0.39 is 23.2 Å². The summed E-state index contributed by atoms with van der Waals surface area (Å²) in [4.78, 5) is 34.7. The minimum Gasteiger partial charge on any atom is -0.495 e. The van der Waals surface area contributed by atoms with Gasteiger partial charge in [-0.3, -0.25) is 9.59 Å². The van der Waals surface area contributed by atoms with Gasteiger partial charge in [0.1, 0.15) is 11.8 Å². The molecule has 0 radical (unpaired) electrons. The topological polar surface area (TPSA) is 105 Å². The van der Waals surface area contributed by atoms with E-state index in [9.17, 15) is 14.4 Å². The smallest absolute Gasteiger partial charge is 0.327 e. The molecule has 0 saturated carbocycles. The number of hydrogen-bond acceptors (Lipinski definition) is 5. The lowest BCUT2D eigenvalue weighted by Gasteiger charge is -2.25. The number of carboxylic acid groups (broad SMARTS) is 1. The molecule has 1 fully saturated rings. The number of amides is 2. The molecular formula is C14H16N2O5S. The molecule has 2 rings (SSSR count). The zero-order valence-corrected chi connectivity index (χ0v) is 12.7. The number of carbonyl (C=O) groups is 3. The Balaban J connectivity index is 1.93. The standard InChI is InChI=1S/C14H16N2O5S/c1-21-10-5-3-2-4-8(10)15-12(17)6-11-13(18)16-9(7-22-11)14(19)20/h2-5,9,11H,6-7H2,1H3,(H,15,17)(H,16,18)(H,19,20)/t9-,11+/m0/s1. The molecule has 0 bridgehead atoms. The monoisotopic (exact) mass is 324 g/mol. The molecule has 1 heterocycles. The number of hydrogen-bond donors (Lipinski definition) is 3. The zero-order chi connectivity index (χ0) is 16.1. The summed E-state index contributed by atoms with van der Waals surface area (Å²) in [7, 11) is 1.50. The van der Waals surface area contributed by atoms with Crippen molar-refractivity contribution in [1.82, 2.24) is 5.32 Å². The fourth-order valence-corrected chi connectivity index (χ4v) is 3.14. The van der Waals surface area contributed by atoms with Crippen molar-refractivity contribution >= 4 is 35.2 Å². The van der Waals surface area contributed by atoms with E-state index in [0.717, 1.165) is 0 Å². The van der Waals surface area contributed by atoms with Crippen molar-refractivity contribution in [1.29, 1.82) is 0 Å². The van der Waals surface area contributed by atoms with Crippen molar-refractivity contribution in [3.05, 3.63) is 24.3 Å². The van der Waals surface area contributed by atoms with Crippen molar-refractivity contribution in [2.75, 3.05) is 18.2 Å². The van der Waals surface area contributed by atoms with Gasteiger partial charge in [0.15, 0.2) is 0 Å². The number of anilines is 1. The Labute approximate surface area is 131 Å². The highest BCUT2D eigenvalue weighted by Gasteiger charge is 2.33. The summed E-state index contributed by atoms with van der Waals surface area (Å²) in [6.45, 7) is 0. The second kappa shape index (κ2) is 7.17. The summed E-state index contributed by atoms with van der Waals surface area (Å²) in [5.74, 6) is -1.06. The van der Waals surface area contributed by atoms with Crippen LogP contribution in [0.15, 0.2) is 24.3 Å². The van der Waals surface area contributed by atoms with E-state index in [-0.39, 0.29) is 18.1 Å². The van der Waals surface area contributed by atoms with E-state index in [4.69, 9.17) is 9.84 Å². The second-order valence-corrected chi connectivity index (χ2v) is 5.91. The van der Waals surface area contributed by atoms with E-state index in [0.29, 0.717) is 11.4 Å². The van der Waals surface area contributed by atoms with E-state index in [1.165, 1.54) is 18.9 Å². The lowest BCUT2D eigenvalue weighted by molar-refractivity contribution is -0.141. The average Bonchev–Trinajstić information content (AvgIpc) is 2.49. The first kappa shape index (κ1) is 16.2. The van der Waals surface area contributed by atoms with Crippen molar-refractivity contribution in [3.63, 3.8) is 0 Å². The van der Waals surface area contributed by atoms with Crippen LogP contribution in [-0.2, 0) is 14.4 Å². The fourth-order valence-electron chi connectivity index (χ4n) is 2.00. The predicted molar refractivity (Wildman–Crippen MR) is 82.1 cm³/mol. The molecule has 3 N–H and O–H groups in total. The third-order valence-electron chi connectivity index (χ3n) is 3.12. The van der Waals surface area contributed by atoms with Crippen LogP contribution in [0.4, 0.5) is 5.69 Å². The Hall–Kier alpha value is -2.22. The summed E-state index contributed by atoms with van der Waals surface area (Å²) in [6, 6.07) is 6.06. The van der Waals surface area contributed by atoms with Gasteiger partial charge in [0, 0.05) is 12.2 Å². The lowest BCUT2D eigenvalue weighted by atomic mass is 10.2. The summed E-state index contributed by atoms with van der Waals surface area (Å²) in [5, 5.41) is 13.3. The Bertz CT molecular complexity index is 592. The van der Waals surface area contributed by atoms with E-state index in [1.807, 2.05) is 0 Å². The van der Waals surface area contributed by atoms with Crippen LogP contribution in [0.3, 0.4) is 0 Å². The molecule has 1 aliphatic rings. The van der Waals surface area contributed by atoms with Gasteiger partial charge in [-0.05, 0) is 12.1 Å². The molecule has 1 aromatic carbocycles. The lowest BCUT2D eigenvalue weighted by Crippen LogP contribution is -2.51. The normalized spacial score (nSPS) is 20.9. The molecule has 8 heteroatoms. The van der Waals surface area contributed by atoms with Crippen molar-refractivity contribution in [2.24, 2.45) is 0 Å². The van der Waals surface area contributed by atoms with Gasteiger partial charge in [-0.15, -0.1) is 11.8 Å². The largest absolute Gasteiger partial charge is 0.495 e. The van der Waals surface area contributed by atoms with E-state index >= 15 is 0 Å². The zero-order valence-electron chi connectivity index (χ0n) is 11.9. The Morgan fingerprint density at radius 3 is 2.82 bits per heavy atom. The molecule has 0 aromatic heterocycles. The molecule has 0 spiro atoms. The van der Waals surface area contributed by atoms with Crippen LogP contribution < -0.4 is 15.4 Å². The summed E-state index contributed by atoms with van der Waals surface area (Å²) >= 11 is 1.17. The number of carboxylic acids is 1. The number of para-hydroxylation sites is 2. The molecule has 22 heavy (non-hydrogen) atoms. The van der Waals surface area contributed by atoms with E-state index in [2.05, 4.69) is 10.6 Å². The van der Waals surface area contributed by atoms with Gasteiger partial charge in [0.2, 0.25) is 11.8 Å². The SMILES string of the molecule is COc1ccccc1NC(=O)C[C@H]1SC[C@@H](C(=O)O)NC1=O. The summed E-state index contributed by atoms with van der Waals surface area (Å²) in [5.41, 5.74) is 0.527. The average molecular weight is 324 g/mol. The van der Waals surface area contributed by atoms with Gasteiger partial charge < -0.3 is 20.5 Å². The number of aliphatic carboxylic acids is 1. The van der Waals surface area contributed by atoms with Gasteiger partial charge in [-0.25, -0.2) is 4.79 Å². The van der Waals surface area contributed by atoms with Crippen LogP contribution in [0.2, 0.25) is 0 Å². The highest BCUT2D eigenvalue weighted by Crippen LogP contribution is 2.25. The molecule has 7 nitrogen and oxygen atoms in total. The molecule has 2 amide bonds. The minimum absolute atomic E-state index is 0.0269. The number of thioether (sulfide) groups is 1. The molecule has 1 saturated heterocycles. The quantitative estimate of drug-likeness (QED) is 0.737.